The minimum atomic E-state index is -0.604. The van der Waals surface area contributed by atoms with Gasteiger partial charge in [0.2, 0.25) is 5.91 Å². The molecule has 2 aromatic carbocycles. The van der Waals surface area contributed by atoms with Crippen LogP contribution in [0.3, 0.4) is 0 Å². The van der Waals surface area contributed by atoms with E-state index in [1.54, 1.807) is 23.1 Å². The number of hydrogen-bond donors (Lipinski definition) is 1. The molecule has 2 aromatic rings. The Hall–Kier alpha value is -3.22. The maximum absolute atomic E-state index is 13.5. The van der Waals surface area contributed by atoms with Crippen LogP contribution in [0.4, 0.5) is 4.39 Å². The first-order chi connectivity index (χ1) is 14.0. The third-order valence-corrected chi connectivity index (χ3v) is 5.02. The van der Waals surface area contributed by atoms with Crippen LogP contribution in [0.25, 0.3) is 0 Å². The Balaban J connectivity index is 1.47. The topological polar surface area (TPSA) is 75.7 Å². The molecule has 3 rings (SSSR count). The average molecular weight is 398 g/mol. The molecule has 1 heterocycles. The van der Waals surface area contributed by atoms with Gasteiger partial charge in [0.05, 0.1) is 12.0 Å². The lowest BCUT2D eigenvalue weighted by molar-refractivity contribution is -0.152. The lowest BCUT2D eigenvalue weighted by Gasteiger charge is -2.25. The second-order valence-corrected chi connectivity index (χ2v) is 7.01. The van der Waals surface area contributed by atoms with Gasteiger partial charge < -0.3 is 15.0 Å². The number of hydrogen-bond acceptors (Lipinski definition) is 4. The van der Waals surface area contributed by atoms with Crippen LogP contribution < -0.4 is 5.32 Å². The fourth-order valence-electron chi connectivity index (χ4n) is 3.32. The Kier molecular flexibility index (Phi) is 6.59. The molecule has 1 fully saturated rings. The fraction of sp³-hybridized carbons (Fsp3) is 0.318. The van der Waals surface area contributed by atoms with E-state index >= 15 is 0 Å². The van der Waals surface area contributed by atoms with Crippen LogP contribution in [0.2, 0.25) is 0 Å². The predicted molar refractivity (Wildman–Crippen MR) is 104 cm³/mol. The summed E-state index contributed by atoms with van der Waals surface area (Å²) in [5, 5.41) is 2.51. The normalized spacial score (nSPS) is 17.1. The molecule has 1 aliphatic rings. The molecular formula is C22H23FN2O4. The lowest BCUT2D eigenvalue weighted by atomic mass is 10.1. The van der Waals surface area contributed by atoms with Gasteiger partial charge in [-0.2, -0.15) is 0 Å². The zero-order valence-electron chi connectivity index (χ0n) is 16.1. The van der Waals surface area contributed by atoms with Gasteiger partial charge in [-0.1, -0.05) is 48.5 Å². The van der Waals surface area contributed by atoms with Gasteiger partial charge in [-0.25, -0.2) is 4.39 Å². The second kappa shape index (κ2) is 9.32. The number of halogens is 1. The summed E-state index contributed by atoms with van der Waals surface area (Å²) in [5.74, 6) is -2.25. The SMILES string of the molecule is C[C@H](c1ccccc1)N1C[C@H](C(=O)OCC(=O)NCc2ccccc2F)CC1=O. The Morgan fingerprint density at radius 2 is 1.86 bits per heavy atom. The van der Waals surface area contributed by atoms with E-state index in [0.717, 1.165) is 5.56 Å². The molecule has 0 aromatic heterocycles. The van der Waals surface area contributed by atoms with Crippen molar-refractivity contribution in [3.05, 3.63) is 71.5 Å². The van der Waals surface area contributed by atoms with Crippen molar-refractivity contribution in [1.29, 1.82) is 0 Å². The van der Waals surface area contributed by atoms with Gasteiger partial charge in [0, 0.05) is 25.1 Å². The molecule has 1 N–H and O–H groups in total. The zero-order chi connectivity index (χ0) is 20.8. The first-order valence-corrected chi connectivity index (χ1v) is 9.47. The summed E-state index contributed by atoms with van der Waals surface area (Å²) in [6.45, 7) is 1.71. The van der Waals surface area contributed by atoms with Crippen LogP contribution in [0.5, 0.6) is 0 Å². The van der Waals surface area contributed by atoms with Crippen molar-refractivity contribution in [3.8, 4) is 0 Å². The van der Waals surface area contributed by atoms with Gasteiger partial charge in [-0.15, -0.1) is 0 Å². The smallest absolute Gasteiger partial charge is 0.311 e. The van der Waals surface area contributed by atoms with Crippen molar-refractivity contribution in [1.82, 2.24) is 10.2 Å². The standard InChI is InChI=1S/C22H23FN2O4/c1-15(16-7-3-2-4-8-16)25-13-18(11-21(25)27)22(28)29-14-20(26)24-12-17-9-5-6-10-19(17)23/h2-10,15,18H,11-14H2,1H3,(H,24,26)/t15-,18-/m1/s1. The van der Waals surface area contributed by atoms with Crippen LogP contribution >= 0.6 is 0 Å². The Bertz CT molecular complexity index is 887. The summed E-state index contributed by atoms with van der Waals surface area (Å²) in [5.41, 5.74) is 1.33. The molecule has 0 saturated carbocycles. The molecule has 0 spiro atoms. The molecule has 0 unspecified atom stereocenters. The molecule has 1 saturated heterocycles. The molecule has 0 radical (unpaired) electrons. The van der Waals surface area contributed by atoms with E-state index in [1.165, 1.54) is 6.07 Å². The number of rotatable bonds is 7. The van der Waals surface area contributed by atoms with Crippen LogP contribution in [-0.4, -0.2) is 35.8 Å². The fourth-order valence-corrected chi connectivity index (χ4v) is 3.32. The number of ether oxygens (including phenoxy) is 1. The number of likely N-dealkylation sites (tertiary alicyclic amines) is 1. The number of carbonyl (C=O) groups excluding carboxylic acids is 3. The van der Waals surface area contributed by atoms with Crippen LogP contribution in [0.15, 0.2) is 54.6 Å². The highest BCUT2D eigenvalue weighted by molar-refractivity contribution is 5.88. The average Bonchev–Trinajstić information content (AvgIpc) is 3.13. The molecule has 2 amide bonds. The van der Waals surface area contributed by atoms with Gasteiger partial charge in [-0.05, 0) is 18.6 Å². The van der Waals surface area contributed by atoms with Gasteiger partial charge in [0.15, 0.2) is 6.61 Å². The van der Waals surface area contributed by atoms with E-state index in [2.05, 4.69) is 5.32 Å². The van der Waals surface area contributed by atoms with Crippen molar-refractivity contribution in [2.75, 3.05) is 13.2 Å². The van der Waals surface area contributed by atoms with Crippen molar-refractivity contribution in [2.24, 2.45) is 5.92 Å². The lowest BCUT2D eigenvalue weighted by Crippen LogP contribution is -2.32. The molecule has 29 heavy (non-hydrogen) atoms. The summed E-state index contributed by atoms with van der Waals surface area (Å²) >= 11 is 0. The highest BCUT2D eigenvalue weighted by Crippen LogP contribution is 2.28. The largest absolute Gasteiger partial charge is 0.455 e. The van der Waals surface area contributed by atoms with E-state index in [0.29, 0.717) is 5.56 Å². The number of esters is 1. The van der Waals surface area contributed by atoms with E-state index in [9.17, 15) is 18.8 Å². The number of nitrogens with one attached hydrogen (secondary N) is 1. The minimum absolute atomic E-state index is 0.00728. The highest BCUT2D eigenvalue weighted by atomic mass is 19.1. The quantitative estimate of drug-likeness (QED) is 0.728. The van der Waals surface area contributed by atoms with Gasteiger partial charge >= 0.3 is 5.97 Å². The first-order valence-electron chi connectivity index (χ1n) is 9.47. The van der Waals surface area contributed by atoms with Crippen molar-refractivity contribution >= 4 is 17.8 Å². The second-order valence-electron chi connectivity index (χ2n) is 7.01. The molecule has 6 nitrogen and oxygen atoms in total. The molecule has 152 valence electrons. The maximum Gasteiger partial charge on any atom is 0.311 e. The third-order valence-electron chi connectivity index (χ3n) is 5.02. The molecule has 0 aliphatic carbocycles. The molecule has 1 aliphatic heterocycles. The summed E-state index contributed by atoms with van der Waals surface area (Å²) < 4.78 is 18.6. The number of carbonyl (C=O) groups is 3. The van der Waals surface area contributed by atoms with E-state index < -0.39 is 30.2 Å². The Labute approximate surface area is 168 Å². The predicted octanol–water partition coefficient (Wildman–Crippen LogP) is 2.59. The number of nitrogens with zero attached hydrogens (tertiary/aromatic N) is 1. The molecule has 2 atom stereocenters. The summed E-state index contributed by atoms with van der Waals surface area (Å²) in [6, 6.07) is 15.5. The highest BCUT2D eigenvalue weighted by Gasteiger charge is 2.38. The maximum atomic E-state index is 13.5. The number of amides is 2. The Morgan fingerprint density at radius 3 is 2.59 bits per heavy atom. The van der Waals surface area contributed by atoms with E-state index in [-0.39, 0.29) is 31.5 Å². The van der Waals surface area contributed by atoms with Crippen LogP contribution in [0.1, 0.15) is 30.5 Å². The molecular weight excluding hydrogens is 375 g/mol. The zero-order valence-corrected chi connectivity index (χ0v) is 16.1. The molecule has 7 heteroatoms. The van der Waals surface area contributed by atoms with Crippen LogP contribution in [-0.2, 0) is 25.7 Å². The third kappa shape index (κ3) is 5.19. The van der Waals surface area contributed by atoms with Crippen molar-refractivity contribution < 1.29 is 23.5 Å². The van der Waals surface area contributed by atoms with Crippen molar-refractivity contribution in [2.45, 2.75) is 25.9 Å². The monoisotopic (exact) mass is 398 g/mol. The summed E-state index contributed by atoms with van der Waals surface area (Å²) in [7, 11) is 0. The van der Waals surface area contributed by atoms with E-state index in [1.807, 2.05) is 37.3 Å². The Morgan fingerprint density at radius 1 is 1.17 bits per heavy atom. The summed E-state index contributed by atoms with van der Waals surface area (Å²) in [4.78, 5) is 38.2. The van der Waals surface area contributed by atoms with Gasteiger partial charge in [0.1, 0.15) is 5.82 Å². The minimum Gasteiger partial charge on any atom is -0.455 e. The van der Waals surface area contributed by atoms with Gasteiger partial charge in [0.25, 0.3) is 5.91 Å². The van der Waals surface area contributed by atoms with Gasteiger partial charge in [-0.3, -0.25) is 14.4 Å². The first kappa shape index (κ1) is 20.5. The van der Waals surface area contributed by atoms with Crippen LogP contribution in [0, 0.1) is 11.7 Å². The van der Waals surface area contributed by atoms with E-state index in [4.69, 9.17) is 4.74 Å². The summed E-state index contributed by atoms with van der Waals surface area (Å²) in [6.07, 6.45) is 0.0624. The van der Waals surface area contributed by atoms with Crippen molar-refractivity contribution in [3.63, 3.8) is 0 Å². The molecule has 0 bridgehead atoms. The number of benzene rings is 2.